The molecule has 0 atom stereocenters. The molecule has 2 rings (SSSR count). The number of furan rings is 1. The first-order valence-electron chi connectivity index (χ1n) is 8.01. The van der Waals surface area contributed by atoms with E-state index in [1.165, 1.54) is 37.9 Å². The van der Waals surface area contributed by atoms with Gasteiger partial charge in [-0.2, -0.15) is 0 Å². The van der Waals surface area contributed by atoms with Gasteiger partial charge in [0.25, 0.3) is 0 Å². The van der Waals surface area contributed by atoms with Crippen molar-refractivity contribution < 1.29 is 4.42 Å². The van der Waals surface area contributed by atoms with E-state index in [9.17, 15) is 0 Å². The van der Waals surface area contributed by atoms with Crippen LogP contribution in [0.2, 0.25) is 0 Å². The van der Waals surface area contributed by atoms with Crippen LogP contribution < -0.4 is 5.32 Å². The van der Waals surface area contributed by atoms with Gasteiger partial charge in [-0.05, 0) is 62.9 Å². The SMILES string of the molecule is CCNCc1oc(CN2CCCC(C)(C)CC2)cc1C. The highest BCUT2D eigenvalue weighted by molar-refractivity contribution is 5.20. The molecule has 3 nitrogen and oxygen atoms in total. The van der Waals surface area contributed by atoms with Crippen molar-refractivity contribution in [3.05, 3.63) is 23.2 Å². The van der Waals surface area contributed by atoms with Crippen LogP contribution in [0.15, 0.2) is 10.5 Å². The number of likely N-dealkylation sites (tertiary alicyclic amines) is 1. The maximum Gasteiger partial charge on any atom is 0.120 e. The summed E-state index contributed by atoms with van der Waals surface area (Å²) in [5.41, 5.74) is 1.78. The summed E-state index contributed by atoms with van der Waals surface area (Å²) in [6.45, 7) is 14.2. The summed E-state index contributed by atoms with van der Waals surface area (Å²) in [6, 6.07) is 2.21. The second-order valence-electron chi connectivity index (χ2n) is 6.89. The van der Waals surface area contributed by atoms with Gasteiger partial charge in [-0.1, -0.05) is 20.8 Å². The van der Waals surface area contributed by atoms with E-state index in [0.29, 0.717) is 5.41 Å². The third-order valence-corrected chi connectivity index (χ3v) is 4.42. The van der Waals surface area contributed by atoms with Gasteiger partial charge < -0.3 is 9.73 Å². The molecule has 1 aliphatic heterocycles. The molecule has 0 amide bonds. The zero-order chi connectivity index (χ0) is 14.6. The second kappa shape index (κ2) is 6.77. The zero-order valence-electron chi connectivity index (χ0n) is 13.6. The van der Waals surface area contributed by atoms with E-state index in [1.54, 1.807) is 0 Å². The molecule has 1 aromatic heterocycles. The van der Waals surface area contributed by atoms with Gasteiger partial charge in [0.05, 0.1) is 13.1 Å². The van der Waals surface area contributed by atoms with Gasteiger partial charge in [0.15, 0.2) is 0 Å². The van der Waals surface area contributed by atoms with Crippen LogP contribution in [0, 0.1) is 12.3 Å². The molecule has 0 aliphatic carbocycles. The molecule has 1 aromatic rings. The van der Waals surface area contributed by atoms with Crippen molar-refractivity contribution in [2.24, 2.45) is 5.41 Å². The molecule has 0 radical (unpaired) electrons. The predicted octanol–water partition coefficient (Wildman–Crippen LogP) is 3.71. The van der Waals surface area contributed by atoms with E-state index in [-0.39, 0.29) is 0 Å². The highest BCUT2D eigenvalue weighted by Gasteiger charge is 2.23. The summed E-state index contributed by atoms with van der Waals surface area (Å²) in [5.74, 6) is 2.21. The summed E-state index contributed by atoms with van der Waals surface area (Å²) in [4.78, 5) is 2.55. The lowest BCUT2D eigenvalue weighted by atomic mass is 9.85. The predicted molar refractivity (Wildman–Crippen MR) is 83.7 cm³/mol. The van der Waals surface area contributed by atoms with Crippen LogP contribution in [-0.2, 0) is 13.1 Å². The molecule has 0 spiro atoms. The number of hydrogen-bond acceptors (Lipinski definition) is 3. The van der Waals surface area contributed by atoms with Crippen molar-refractivity contribution in [1.82, 2.24) is 10.2 Å². The smallest absolute Gasteiger partial charge is 0.120 e. The lowest BCUT2D eigenvalue weighted by Gasteiger charge is -2.22. The van der Waals surface area contributed by atoms with Gasteiger partial charge in [-0.15, -0.1) is 0 Å². The highest BCUT2D eigenvalue weighted by Crippen LogP contribution is 2.30. The Hall–Kier alpha value is -0.800. The largest absolute Gasteiger partial charge is 0.463 e. The lowest BCUT2D eigenvalue weighted by molar-refractivity contribution is 0.236. The van der Waals surface area contributed by atoms with Crippen LogP contribution >= 0.6 is 0 Å². The normalized spacial score (nSPS) is 20.0. The minimum absolute atomic E-state index is 0.504. The quantitative estimate of drug-likeness (QED) is 0.890. The molecular weight excluding hydrogens is 248 g/mol. The standard InChI is InChI=1S/C17H30N2O/c1-5-18-12-16-14(2)11-15(20-16)13-19-9-6-7-17(3,4)8-10-19/h11,18H,5-10,12-13H2,1-4H3. The van der Waals surface area contributed by atoms with Crippen molar-refractivity contribution in [2.75, 3.05) is 19.6 Å². The molecule has 2 heterocycles. The summed E-state index contributed by atoms with van der Waals surface area (Å²) in [7, 11) is 0. The summed E-state index contributed by atoms with van der Waals surface area (Å²) < 4.78 is 6.01. The monoisotopic (exact) mass is 278 g/mol. The van der Waals surface area contributed by atoms with Crippen LogP contribution in [0.3, 0.4) is 0 Å². The Labute approximate surface area is 123 Å². The maximum atomic E-state index is 6.01. The molecule has 1 saturated heterocycles. The third-order valence-electron chi connectivity index (χ3n) is 4.42. The van der Waals surface area contributed by atoms with Gasteiger partial charge in [0.1, 0.15) is 11.5 Å². The summed E-state index contributed by atoms with van der Waals surface area (Å²) in [5, 5.41) is 3.34. The highest BCUT2D eigenvalue weighted by atomic mass is 16.3. The Bertz CT molecular complexity index is 423. The number of aryl methyl sites for hydroxylation is 1. The summed E-state index contributed by atoms with van der Waals surface area (Å²) in [6.07, 6.45) is 3.93. The van der Waals surface area contributed by atoms with Gasteiger partial charge in [-0.25, -0.2) is 0 Å². The molecular formula is C17H30N2O. The average Bonchev–Trinajstić information content (AvgIpc) is 2.63. The minimum Gasteiger partial charge on any atom is -0.463 e. The Morgan fingerprint density at radius 3 is 2.85 bits per heavy atom. The van der Waals surface area contributed by atoms with E-state index in [1.807, 2.05) is 0 Å². The Balaban J connectivity index is 1.92. The Morgan fingerprint density at radius 1 is 1.30 bits per heavy atom. The number of hydrogen-bond donors (Lipinski definition) is 1. The minimum atomic E-state index is 0.504. The Morgan fingerprint density at radius 2 is 2.10 bits per heavy atom. The molecule has 0 bridgehead atoms. The maximum absolute atomic E-state index is 6.01. The summed E-state index contributed by atoms with van der Waals surface area (Å²) >= 11 is 0. The first kappa shape index (κ1) is 15.6. The first-order valence-corrected chi connectivity index (χ1v) is 8.01. The lowest BCUT2D eigenvalue weighted by Crippen LogP contribution is -2.24. The molecule has 0 saturated carbocycles. The van der Waals surface area contributed by atoms with E-state index in [2.05, 4.69) is 44.0 Å². The third kappa shape index (κ3) is 4.35. The van der Waals surface area contributed by atoms with Crippen molar-refractivity contribution in [2.45, 2.75) is 60.0 Å². The van der Waals surface area contributed by atoms with Gasteiger partial charge in [-0.3, -0.25) is 4.90 Å². The molecule has 0 aromatic carbocycles. The fourth-order valence-corrected chi connectivity index (χ4v) is 2.94. The topological polar surface area (TPSA) is 28.4 Å². The van der Waals surface area contributed by atoms with Gasteiger partial charge >= 0.3 is 0 Å². The van der Waals surface area contributed by atoms with E-state index < -0.39 is 0 Å². The average molecular weight is 278 g/mol. The molecule has 3 heteroatoms. The fourth-order valence-electron chi connectivity index (χ4n) is 2.94. The van der Waals surface area contributed by atoms with Crippen molar-refractivity contribution in [3.8, 4) is 0 Å². The molecule has 1 fully saturated rings. The molecule has 20 heavy (non-hydrogen) atoms. The molecule has 0 unspecified atom stereocenters. The zero-order valence-corrected chi connectivity index (χ0v) is 13.6. The number of nitrogens with zero attached hydrogens (tertiary/aromatic N) is 1. The number of rotatable bonds is 5. The molecule has 1 aliphatic rings. The van der Waals surface area contributed by atoms with E-state index in [4.69, 9.17) is 4.42 Å². The van der Waals surface area contributed by atoms with E-state index >= 15 is 0 Å². The molecule has 1 N–H and O–H groups in total. The van der Waals surface area contributed by atoms with Crippen molar-refractivity contribution in [3.63, 3.8) is 0 Å². The second-order valence-corrected chi connectivity index (χ2v) is 6.89. The van der Waals surface area contributed by atoms with Crippen LogP contribution in [0.4, 0.5) is 0 Å². The van der Waals surface area contributed by atoms with Crippen LogP contribution in [0.1, 0.15) is 57.1 Å². The Kier molecular flexibility index (Phi) is 5.28. The van der Waals surface area contributed by atoms with Crippen molar-refractivity contribution in [1.29, 1.82) is 0 Å². The molecule has 114 valence electrons. The van der Waals surface area contributed by atoms with Gasteiger partial charge in [0.2, 0.25) is 0 Å². The van der Waals surface area contributed by atoms with Crippen LogP contribution in [0.25, 0.3) is 0 Å². The van der Waals surface area contributed by atoms with Crippen molar-refractivity contribution >= 4 is 0 Å². The van der Waals surface area contributed by atoms with Crippen LogP contribution in [-0.4, -0.2) is 24.5 Å². The number of nitrogens with one attached hydrogen (secondary N) is 1. The van der Waals surface area contributed by atoms with Crippen LogP contribution in [0.5, 0.6) is 0 Å². The first-order chi connectivity index (χ1) is 9.50. The van der Waals surface area contributed by atoms with E-state index in [0.717, 1.165) is 31.2 Å². The fraction of sp³-hybridized carbons (Fsp3) is 0.765. The van der Waals surface area contributed by atoms with Gasteiger partial charge in [0, 0.05) is 0 Å².